The van der Waals surface area contributed by atoms with Crippen molar-refractivity contribution in [2.24, 2.45) is 0 Å². The van der Waals surface area contributed by atoms with Crippen LogP contribution in [0.1, 0.15) is 17.3 Å². The molecule has 0 aromatic heterocycles. The third-order valence-corrected chi connectivity index (χ3v) is 2.64. The summed E-state index contributed by atoms with van der Waals surface area (Å²) < 4.78 is 5.05. The maximum absolute atomic E-state index is 11.9. The highest BCUT2D eigenvalue weighted by atomic mass is 16.5. The largest absolute Gasteiger partial charge is 0.462 e. The number of nitrogens with two attached hydrogens (primary N) is 1. The first-order valence-corrected chi connectivity index (χ1v) is 5.84. The molecule has 18 heavy (non-hydrogen) atoms. The summed E-state index contributed by atoms with van der Waals surface area (Å²) in [7, 11) is 0. The van der Waals surface area contributed by atoms with Crippen LogP contribution in [-0.4, -0.2) is 12.6 Å². The minimum Gasteiger partial charge on any atom is -0.462 e. The molecular formula is C15H15NO2. The molecule has 0 heterocycles. The molecule has 0 aliphatic heterocycles. The van der Waals surface area contributed by atoms with Crippen LogP contribution in [0.15, 0.2) is 48.5 Å². The van der Waals surface area contributed by atoms with Crippen molar-refractivity contribution in [3.63, 3.8) is 0 Å². The summed E-state index contributed by atoms with van der Waals surface area (Å²) in [4.78, 5) is 11.9. The van der Waals surface area contributed by atoms with Crippen LogP contribution in [0.4, 0.5) is 5.69 Å². The van der Waals surface area contributed by atoms with Crippen molar-refractivity contribution < 1.29 is 9.53 Å². The molecule has 0 saturated heterocycles. The number of carbonyl (C=O) groups excluding carboxylic acids is 1. The molecule has 2 aromatic rings. The molecule has 92 valence electrons. The number of anilines is 1. The number of nitrogen functional groups attached to an aromatic ring is 1. The number of hydrogen-bond acceptors (Lipinski definition) is 3. The first-order chi connectivity index (χ1) is 8.72. The SMILES string of the molecule is CCOC(=O)c1ccccc1-c1ccc(N)cc1. The second-order valence-corrected chi connectivity index (χ2v) is 3.89. The van der Waals surface area contributed by atoms with Gasteiger partial charge in [0.05, 0.1) is 12.2 Å². The van der Waals surface area contributed by atoms with Crippen LogP contribution in [0.5, 0.6) is 0 Å². The molecule has 2 aromatic carbocycles. The summed E-state index contributed by atoms with van der Waals surface area (Å²) in [5, 5.41) is 0. The molecule has 0 radical (unpaired) electrons. The first-order valence-electron chi connectivity index (χ1n) is 5.84. The van der Waals surface area contributed by atoms with Gasteiger partial charge in [0.1, 0.15) is 0 Å². The topological polar surface area (TPSA) is 52.3 Å². The number of benzene rings is 2. The van der Waals surface area contributed by atoms with Crippen molar-refractivity contribution in [1.29, 1.82) is 0 Å². The third-order valence-electron chi connectivity index (χ3n) is 2.64. The Labute approximate surface area is 106 Å². The van der Waals surface area contributed by atoms with Crippen molar-refractivity contribution in [1.82, 2.24) is 0 Å². The second kappa shape index (κ2) is 5.36. The Morgan fingerprint density at radius 2 is 1.78 bits per heavy atom. The van der Waals surface area contributed by atoms with Crippen LogP contribution < -0.4 is 5.73 Å². The zero-order chi connectivity index (χ0) is 13.0. The van der Waals surface area contributed by atoms with Gasteiger partial charge in [-0.3, -0.25) is 0 Å². The molecule has 2 N–H and O–H groups in total. The summed E-state index contributed by atoms with van der Waals surface area (Å²) in [5.41, 5.74) is 8.74. The average Bonchev–Trinajstić information content (AvgIpc) is 2.40. The van der Waals surface area contributed by atoms with E-state index in [2.05, 4.69) is 0 Å². The standard InChI is InChI=1S/C15H15NO2/c1-2-18-15(17)14-6-4-3-5-13(14)11-7-9-12(16)10-8-11/h3-10H,2,16H2,1H3. The van der Waals surface area contributed by atoms with Gasteiger partial charge in [-0.05, 0) is 36.2 Å². The molecule has 0 aliphatic carbocycles. The summed E-state index contributed by atoms with van der Waals surface area (Å²) >= 11 is 0. The van der Waals surface area contributed by atoms with Gasteiger partial charge in [-0.25, -0.2) is 4.79 Å². The fourth-order valence-electron chi connectivity index (χ4n) is 1.78. The van der Waals surface area contributed by atoms with E-state index in [1.807, 2.05) is 42.5 Å². The van der Waals surface area contributed by atoms with E-state index >= 15 is 0 Å². The maximum Gasteiger partial charge on any atom is 0.338 e. The predicted octanol–water partition coefficient (Wildman–Crippen LogP) is 3.11. The smallest absolute Gasteiger partial charge is 0.338 e. The lowest BCUT2D eigenvalue weighted by atomic mass is 9.99. The van der Waals surface area contributed by atoms with Crippen molar-refractivity contribution in [2.75, 3.05) is 12.3 Å². The molecule has 0 saturated carbocycles. The van der Waals surface area contributed by atoms with Crippen LogP contribution in [0, 0.1) is 0 Å². The second-order valence-electron chi connectivity index (χ2n) is 3.89. The van der Waals surface area contributed by atoms with Crippen LogP contribution in [0.3, 0.4) is 0 Å². The number of ether oxygens (including phenoxy) is 1. The molecule has 2 rings (SSSR count). The zero-order valence-corrected chi connectivity index (χ0v) is 10.2. The summed E-state index contributed by atoms with van der Waals surface area (Å²) in [6.45, 7) is 2.17. The Bertz CT molecular complexity index is 547. The van der Waals surface area contributed by atoms with Gasteiger partial charge < -0.3 is 10.5 Å². The summed E-state index contributed by atoms with van der Waals surface area (Å²) in [6, 6.07) is 14.8. The number of hydrogen-bond donors (Lipinski definition) is 1. The van der Waals surface area contributed by atoms with Crippen LogP contribution in [0.2, 0.25) is 0 Å². The molecule has 3 heteroatoms. The Balaban J connectivity index is 2.44. The monoisotopic (exact) mass is 241 g/mol. The fourth-order valence-corrected chi connectivity index (χ4v) is 1.78. The van der Waals surface area contributed by atoms with E-state index in [-0.39, 0.29) is 5.97 Å². The van der Waals surface area contributed by atoms with Crippen molar-refractivity contribution in [2.45, 2.75) is 6.92 Å². The molecule has 0 unspecified atom stereocenters. The third kappa shape index (κ3) is 2.51. The van der Waals surface area contributed by atoms with E-state index in [1.54, 1.807) is 13.0 Å². The lowest BCUT2D eigenvalue weighted by molar-refractivity contribution is 0.0527. The van der Waals surface area contributed by atoms with E-state index in [4.69, 9.17) is 10.5 Å². The van der Waals surface area contributed by atoms with Crippen LogP contribution >= 0.6 is 0 Å². The molecule has 0 aliphatic rings. The highest BCUT2D eigenvalue weighted by molar-refractivity contribution is 5.97. The Hall–Kier alpha value is -2.29. The number of rotatable bonds is 3. The van der Waals surface area contributed by atoms with Gasteiger partial charge >= 0.3 is 5.97 Å². The van der Waals surface area contributed by atoms with Crippen molar-refractivity contribution >= 4 is 11.7 Å². The molecule has 0 bridgehead atoms. The minimum atomic E-state index is -0.301. The predicted molar refractivity (Wildman–Crippen MR) is 72.2 cm³/mol. The van der Waals surface area contributed by atoms with E-state index in [9.17, 15) is 4.79 Å². The highest BCUT2D eigenvalue weighted by Gasteiger charge is 2.12. The molecule has 0 atom stereocenters. The van der Waals surface area contributed by atoms with E-state index in [0.717, 1.165) is 11.1 Å². The van der Waals surface area contributed by atoms with E-state index in [0.29, 0.717) is 17.9 Å². The lowest BCUT2D eigenvalue weighted by Gasteiger charge is -2.09. The number of carbonyl (C=O) groups is 1. The van der Waals surface area contributed by atoms with Gasteiger partial charge in [-0.2, -0.15) is 0 Å². The Morgan fingerprint density at radius 3 is 2.44 bits per heavy atom. The Morgan fingerprint density at radius 1 is 1.11 bits per heavy atom. The molecule has 3 nitrogen and oxygen atoms in total. The lowest BCUT2D eigenvalue weighted by Crippen LogP contribution is -2.06. The molecule has 0 fully saturated rings. The van der Waals surface area contributed by atoms with Gasteiger partial charge in [-0.15, -0.1) is 0 Å². The van der Waals surface area contributed by atoms with Gasteiger partial charge in [-0.1, -0.05) is 30.3 Å². The van der Waals surface area contributed by atoms with Gasteiger partial charge in [0.2, 0.25) is 0 Å². The minimum absolute atomic E-state index is 0.301. The summed E-state index contributed by atoms with van der Waals surface area (Å²) in [5.74, 6) is -0.301. The van der Waals surface area contributed by atoms with Crippen LogP contribution in [0.25, 0.3) is 11.1 Å². The first kappa shape index (κ1) is 12.2. The number of esters is 1. The molecule has 0 amide bonds. The molecule has 0 spiro atoms. The van der Waals surface area contributed by atoms with Crippen molar-refractivity contribution in [3.05, 3.63) is 54.1 Å². The van der Waals surface area contributed by atoms with Crippen LogP contribution in [-0.2, 0) is 4.74 Å². The van der Waals surface area contributed by atoms with E-state index in [1.165, 1.54) is 0 Å². The average molecular weight is 241 g/mol. The molecular weight excluding hydrogens is 226 g/mol. The van der Waals surface area contributed by atoms with Gasteiger partial charge in [0.25, 0.3) is 0 Å². The summed E-state index contributed by atoms with van der Waals surface area (Å²) in [6.07, 6.45) is 0. The van der Waals surface area contributed by atoms with Crippen molar-refractivity contribution in [3.8, 4) is 11.1 Å². The maximum atomic E-state index is 11.9. The highest BCUT2D eigenvalue weighted by Crippen LogP contribution is 2.25. The zero-order valence-electron chi connectivity index (χ0n) is 10.2. The van der Waals surface area contributed by atoms with Gasteiger partial charge in [0.15, 0.2) is 0 Å². The fraction of sp³-hybridized carbons (Fsp3) is 0.133. The van der Waals surface area contributed by atoms with Gasteiger partial charge in [0, 0.05) is 5.69 Å². The quantitative estimate of drug-likeness (QED) is 0.663. The van der Waals surface area contributed by atoms with E-state index < -0.39 is 0 Å². The normalized spacial score (nSPS) is 10.1. The Kier molecular flexibility index (Phi) is 3.63.